The molecule has 4 nitrogen and oxygen atoms in total. The number of nitrogens with two attached hydrogens (primary N) is 1. The van der Waals surface area contributed by atoms with Crippen LogP contribution in [-0.2, 0) is 13.1 Å². The maximum atomic E-state index is 12.9. The lowest BCUT2D eigenvalue weighted by Crippen LogP contribution is -2.09. The van der Waals surface area contributed by atoms with E-state index >= 15 is 0 Å². The Bertz CT molecular complexity index is 481. The largest absolute Gasteiger partial charge is 0.325 e. The molecule has 0 aliphatic rings. The molecule has 0 bridgehead atoms. The van der Waals surface area contributed by atoms with Crippen LogP contribution >= 0.6 is 0 Å². The minimum absolute atomic E-state index is 0.0333. The van der Waals surface area contributed by atoms with Gasteiger partial charge in [-0.2, -0.15) is 0 Å². The standard InChI is InChI=1S/C11H12F2N4/c12-11(13)10-9(6-14)15-16-17(10)7-8-4-2-1-3-5-8/h1-5,11H,6-7,14H2. The van der Waals surface area contributed by atoms with Crippen molar-refractivity contribution >= 4 is 0 Å². The molecule has 0 saturated heterocycles. The molecule has 0 atom stereocenters. The topological polar surface area (TPSA) is 56.7 Å². The summed E-state index contributed by atoms with van der Waals surface area (Å²) in [6.07, 6.45) is -2.62. The highest BCUT2D eigenvalue weighted by molar-refractivity contribution is 5.17. The number of halogens is 2. The van der Waals surface area contributed by atoms with Crippen molar-refractivity contribution in [2.45, 2.75) is 19.5 Å². The first-order chi connectivity index (χ1) is 8.22. The third-order valence-corrected chi connectivity index (χ3v) is 2.42. The first-order valence-electron chi connectivity index (χ1n) is 5.16. The summed E-state index contributed by atoms with van der Waals surface area (Å²) >= 11 is 0. The summed E-state index contributed by atoms with van der Waals surface area (Å²) in [5.74, 6) is 0. The van der Waals surface area contributed by atoms with E-state index in [9.17, 15) is 8.78 Å². The zero-order valence-electron chi connectivity index (χ0n) is 9.05. The zero-order chi connectivity index (χ0) is 12.3. The number of hydrogen-bond acceptors (Lipinski definition) is 3. The Balaban J connectivity index is 2.30. The van der Waals surface area contributed by atoms with Crippen LogP contribution in [0.5, 0.6) is 0 Å². The number of nitrogens with zero attached hydrogens (tertiary/aromatic N) is 3. The highest BCUT2D eigenvalue weighted by atomic mass is 19.3. The van der Waals surface area contributed by atoms with Crippen molar-refractivity contribution in [1.29, 1.82) is 0 Å². The van der Waals surface area contributed by atoms with Crippen LogP contribution in [0, 0.1) is 0 Å². The van der Waals surface area contributed by atoms with Crippen LogP contribution in [0.15, 0.2) is 30.3 Å². The maximum Gasteiger partial charge on any atom is 0.281 e. The second kappa shape index (κ2) is 5.01. The first-order valence-corrected chi connectivity index (χ1v) is 5.16. The Labute approximate surface area is 97.0 Å². The third kappa shape index (κ3) is 2.47. The van der Waals surface area contributed by atoms with Crippen molar-refractivity contribution in [3.63, 3.8) is 0 Å². The van der Waals surface area contributed by atoms with Crippen LogP contribution in [0.2, 0.25) is 0 Å². The minimum Gasteiger partial charge on any atom is -0.325 e. The van der Waals surface area contributed by atoms with Gasteiger partial charge >= 0.3 is 0 Å². The molecule has 1 heterocycles. The Morgan fingerprint density at radius 2 is 1.94 bits per heavy atom. The Kier molecular flexibility index (Phi) is 3.43. The zero-order valence-corrected chi connectivity index (χ0v) is 9.05. The molecule has 17 heavy (non-hydrogen) atoms. The average molecular weight is 238 g/mol. The predicted octanol–water partition coefficient (Wildman–Crippen LogP) is 1.72. The van der Waals surface area contributed by atoms with Crippen LogP contribution in [0.1, 0.15) is 23.4 Å². The molecule has 0 saturated carbocycles. The van der Waals surface area contributed by atoms with Crippen molar-refractivity contribution in [2.24, 2.45) is 5.73 Å². The van der Waals surface area contributed by atoms with Gasteiger partial charge in [0.2, 0.25) is 0 Å². The second-order valence-corrected chi connectivity index (χ2v) is 3.57. The van der Waals surface area contributed by atoms with Crippen LogP contribution in [0.4, 0.5) is 8.78 Å². The molecule has 0 radical (unpaired) electrons. The summed E-state index contributed by atoms with van der Waals surface area (Å²) in [4.78, 5) is 0. The highest BCUT2D eigenvalue weighted by Crippen LogP contribution is 2.21. The summed E-state index contributed by atoms with van der Waals surface area (Å²) in [7, 11) is 0. The second-order valence-electron chi connectivity index (χ2n) is 3.57. The SMILES string of the molecule is NCc1nnn(Cc2ccccc2)c1C(F)F. The molecule has 90 valence electrons. The summed E-state index contributed by atoms with van der Waals surface area (Å²) < 4.78 is 26.9. The van der Waals surface area contributed by atoms with Gasteiger partial charge in [-0.15, -0.1) is 5.10 Å². The molecule has 0 amide bonds. The van der Waals surface area contributed by atoms with Crippen molar-refractivity contribution < 1.29 is 8.78 Å². The van der Waals surface area contributed by atoms with Gasteiger partial charge in [0, 0.05) is 6.54 Å². The molecule has 0 aliphatic heterocycles. The smallest absolute Gasteiger partial charge is 0.281 e. The molecular formula is C11H12F2N4. The maximum absolute atomic E-state index is 12.9. The fraction of sp³-hybridized carbons (Fsp3) is 0.273. The van der Waals surface area contributed by atoms with Gasteiger partial charge in [-0.25, -0.2) is 13.5 Å². The van der Waals surface area contributed by atoms with E-state index in [-0.39, 0.29) is 24.5 Å². The summed E-state index contributed by atoms with van der Waals surface area (Å²) in [6, 6.07) is 9.25. The van der Waals surface area contributed by atoms with Gasteiger partial charge in [-0.1, -0.05) is 35.5 Å². The average Bonchev–Trinajstić information content (AvgIpc) is 2.73. The normalized spacial score (nSPS) is 11.1. The number of alkyl halides is 2. The number of hydrogen-bond donors (Lipinski definition) is 1. The molecule has 2 N–H and O–H groups in total. The first kappa shape index (κ1) is 11.7. The van der Waals surface area contributed by atoms with E-state index in [0.717, 1.165) is 5.56 Å². The van der Waals surface area contributed by atoms with E-state index in [0.29, 0.717) is 0 Å². The van der Waals surface area contributed by atoms with Crippen LogP contribution in [0.3, 0.4) is 0 Å². The van der Waals surface area contributed by atoms with Crippen molar-refractivity contribution in [3.05, 3.63) is 47.3 Å². The summed E-state index contributed by atoms with van der Waals surface area (Å²) in [6.45, 7) is 0.238. The van der Waals surface area contributed by atoms with E-state index < -0.39 is 6.43 Å². The van der Waals surface area contributed by atoms with E-state index in [1.165, 1.54) is 4.68 Å². The van der Waals surface area contributed by atoms with Gasteiger partial charge in [-0.05, 0) is 5.56 Å². The molecular weight excluding hydrogens is 226 g/mol. The number of benzene rings is 1. The quantitative estimate of drug-likeness (QED) is 0.882. The summed E-state index contributed by atoms with van der Waals surface area (Å²) in [5, 5.41) is 7.37. The molecule has 0 unspecified atom stereocenters. The molecule has 1 aromatic carbocycles. The minimum atomic E-state index is -2.62. The molecule has 2 rings (SSSR count). The summed E-state index contributed by atoms with van der Waals surface area (Å²) in [5.41, 5.74) is 6.19. The van der Waals surface area contributed by atoms with Gasteiger partial charge < -0.3 is 5.73 Å². The van der Waals surface area contributed by atoms with E-state index in [2.05, 4.69) is 10.3 Å². The molecule has 0 aliphatic carbocycles. The highest BCUT2D eigenvalue weighted by Gasteiger charge is 2.20. The lowest BCUT2D eigenvalue weighted by Gasteiger charge is -2.06. The van der Waals surface area contributed by atoms with Crippen molar-refractivity contribution in [1.82, 2.24) is 15.0 Å². The number of rotatable bonds is 4. The molecule has 0 fully saturated rings. The van der Waals surface area contributed by atoms with Gasteiger partial charge in [0.25, 0.3) is 6.43 Å². The van der Waals surface area contributed by atoms with Crippen molar-refractivity contribution in [2.75, 3.05) is 0 Å². The van der Waals surface area contributed by atoms with Crippen LogP contribution in [0.25, 0.3) is 0 Å². The fourth-order valence-corrected chi connectivity index (χ4v) is 1.61. The van der Waals surface area contributed by atoms with Crippen LogP contribution < -0.4 is 5.73 Å². The van der Waals surface area contributed by atoms with E-state index in [1.807, 2.05) is 30.3 Å². The Morgan fingerprint density at radius 3 is 2.53 bits per heavy atom. The van der Waals surface area contributed by atoms with E-state index in [4.69, 9.17) is 5.73 Å². The monoisotopic (exact) mass is 238 g/mol. The molecule has 0 spiro atoms. The van der Waals surface area contributed by atoms with Gasteiger partial charge in [-0.3, -0.25) is 0 Å². The third-order valence-electron chi connectivity index (χ3n) is 2.42. The predicted molar refractivity (Wildman–Crippen MR) is 58.4 cm³/mol. The molecule has 1 aromatic heterocycles. The number of aromatic nitrogens is 3. The van der Waals surface area contributed by atoms with Crippen molar-refractivity contribution in [3.8, 4) is 0 Å². The van der Waals surface area contributed by atoms with Gasteiger partial charge in [0.1, 0.15) is 11.4 Å². The fourth-order valence-electron chi connectivity index (χ4n) is 1.61. The van der Waals surface area contributed by atoms with Gasteiger partial charge in [0.15, 0.2) is 0 Å². The Morgan fingerprint density at radius 1 is 1.24 bits per heavy atom. The van der Waals surface area contributed by atoms with Crippen LogP contribution in [-0.4, -0.2) is 15.0 Å². The lowest BCUT2D eigenvalue weighted by molar-refractivity contribution is 0.138. The van der Waals surface area contributed by atoms with Gasteiger partial charge in [0.05, 0.1) is 6.54 Å². The molecule has 2 aromatic rings. The molecule has 6 heteroatoms. The van der Waals surface area contributed by atoms with E-state index in [1.54, 1.807) is 0 Å². The Hall–Kier alpha value is -1.82. The lowest BCUT2D eigenvalue weighted by atomic mass is 10.2.